The maximum atomic E-state index is 13.4. The zero-order chi connectivity index (χ0) is 22.5. The number of hydrogen-bond donors (Lipinski definition) is 2. The van der Waals surface area contributed by atoms with Crippen LogP contribution in [0.5, 0.6) is 0 Å². The first-order chi connectivity index (χ1) is 15.6. The maximum Gasteiger partial charge on any atom is 0.254 e. The lowest BCUT2D eigenvalue weighted by Gasteiger charge is -2.16. The Labute approximate surface area is 186 Å². The predicted molar refractivity (Wildman–Crippen MR) is 121 cm³/mol. The van der Waals surface area contributed by atoms with Crippen molar-refractivity contribution in [3.63, 3.8) is 0 Å². The van der Waals surface area contributed by atoms with Gasteiger partial charge in [0, 0.05) is 23.6 Å². The van der Waals surface area contributed by atoms with Crippen LogP contribution in [0, 0.1) is 5.92 Å². The van der Waals surface area contributed by atoms with Crippen LogP contribution < -0.4 is 5.32 Å². The van der Waals surface area contributed by atoms with Crippen molar-refractivity contribution in [3.05, 3.63) is 48.2 Å². The number of nitrogens with one attached hydrogen (secondary N) is 2. The van der Waals surface area contributed by atoms with Crippen molar-refractivity contribution < 1.29 is 9.32 Å². The molecule has 1 unspecified atom stereocenters. The van der Waals surface area contributed by atoms with E-state index in [0.29, 0.717) is 35.4 Å². The van der Waals surface area contributed by atoms with Crippen LogP contribution >= 0.6 is 0 Å². The Kier molecular flexibility index (Phi) is 6.63. The predicted octanol–water partition coefficient (Wildman–Crippen LogP) is 4.52. The summed E-state index contributed by atoms with van der Waals surface area (Å²) in [6.07, 6.45) is 7.40. The standard InChI is InChI=1S/C23H29N7O2/c1-4-5-8-11-30-13-17(16-9-6-7-10-19(16)30)22(31)26-18(12-15(2)3)23-27-21(29-32-23)20-24-14-25-28-20/h6-7,9-10,13-15,18H,4-5,8,11-12H2,1-3H3,(H,26,31)(H,24,25,28). The van der Waals surface area contributed by atoms with Gasteiger partial charge < -0.3 is 14.4 Å². The minimum absolute atomic E-state index is 0.152. The van der Waals surface area contributed by atoms with E-state index in [9.17, 15) is 4.79 Å². The summed E-state index contributed by atoms with van der Waals surface area (Å²) >= 11 is 0. The molecule has 0 aliphatic carbocycles. The van der Waals surface area contributed by atoms with Gasteiger partial charge in [0.25, 0.3) is 5.91 Å². The second kappa shape index (κ2) is 9.76. The number of H-pyrrole nitrogens is 1. The van der Waals surface area contributed by atoms with Crippen LogP contribution in [0.1, 0.15) is 68.7 Å². The first-order valence-corrected chi connectivity index (χ1v) is 11.1. The fourth-order valence-corrected chi connectivity index (χ4v) is 3.86. The summed E-state index contributed by atoms with van der Waals surface area (Å²) in [6.45, 7) is 7.26. The number of para-hydroxylation sites is 1. The van der Waals surface area contributed by atoms with E-state index in [1.54, 1.807) is 0 Å². The highest BCUT2D eigenvalue weighted by molar-refractivity contribution is 6.07. The highest BCUT2D eigenvalue weighted by Gasteiger charge is 2.25. The van der Waals surface area contributed by atoms with Gasteiger partial charge >= 0.3 is 0 Å². The fourth-order valence-electron chi connectivity index (χ4n) is 3.86. The topological polar surface area (TPSA) is 115 Å². The van der Waals surface area contributed by atoms with E-state index >= 15 is 0 Å². The normalized spacial score (nSPS) is 12.5. The molecular formula is C23H29N7O2. The molecule has 0 aliphatic heterocycles. The minimum atomic E-state index is -0.408. The molecule has 9 heteroatoms. The molecule has 0 saturated carbocycles. The number of fused-ring (bicyclic) bond motifs is 1. The number of amides is 1. The Morgan fingerprint density at radius 3 is 2.84 bits per heavy atom. The number of aryl methyl sites for hydroxylation is 1. The second-order valence-corrected chi connectivity index (χ2v) is 8.41. The van der Waals surface area contributed by atoms with Gasteiger partial charge in [0.2, 0.25) is 11.7 Å². The summed E-state index contributed by atoms with van der Waals surface area (Å²) < 4.78 is 7.65. The fraction of sp³-hybridized carbons (Fsp3) is 0.435. The van der Waals surface area contributed by atoms with Gasteiger partial charge in [-0.1, -0.05) is 57.0 Å². The summed E-state index contributed by atoms with van der Waals surface area (Å²) in [7, 11) is 0. The van der Waals surface area contributed by atoms with Crippen LogP contribution in [0.25, 0.3) is 22.6 Å². The summed E-state index contributed by atoms with van der Waals surface area (Å²) in [5.41, 5.74) is 1.72. The highest BCUT2D eigenvalue weighted by Crippen LogP contribution is 2.26. The van der Waals surface area contributed by atoms with Crippen LogP contribution in [0.2, 0.25) is 0 Å². The Hall–Kier alpha value is -3.49. The number of nitrogens with zero attached hydrogens (tertiary/aromatic N) is 5. The SMILES string of the molecule is CCCCCn1cc(C(=O)NC(CC(C)C)c2nc(-c3ncn[nH]3)no2)c2ccccc21. The molecule has 0 aliphatic rings. The van der Waals surface area contributed by atoms with Crippen LogP contribution in [0.4, 0.5) is 0 Å². The number of carbonyl (C=O) groups excluding carboxylic acids is 1. The van der Waals surface area contributed by atoms with E-state index in [1.807, 2.05) is 24.4 Å². The first kappa shape index (κ1) is 21.7. The van der Waals surface area contributed by atoms with Gasteiger partial charge in [0.15, 0.2) is 5.82 Å². The zero-order valence-electron chi connectivity index (χ0n) is 18.7. The lowest BCUT2D eigenvalue weighted by Crippen LogP contribution is -2.29. The smallest absolute Gasteiger partial charge is 0.254 e. The largest absolute Gasteiger partial charge is 0.347 e. The molecule has 0 fully saturated rings. The molecule has 0 saturated heterocycles. The van der Waals surface area contributed by atoms with E-state index in [2.05, 4.69) is 62.0 Å². The van der Waals surface area contributed by atoms with Crippen LogP contribution in [0.3, 0.4) is 0 Å². The van der Waals surface area contributed by atoms with Crippen LogP contribution in [-0.4, -0.2) is 35.8 Å². The maximum absolute atomic E-state index is 13.4. The van der Waals surface area contributed by atoms with Crippen molar-refractivity contribution in [1.29, 1.82) is 0 Å². The molecule has 2 N–H and O–H groups in total. The molecule has 168 valence electrons. The average molecular weight is 436 g/mol. The van der Waals surface area contributed by atoms with Gasteiger partial charge in [-0.2, -0.15) is 10.1 Å². The number of unbranched alkanes of at least 4 members (excludes halogenated alkanes) is 2. The molecule has 4 rings (SSSR count). The summed E-state index contributed by atoms with van der Waals surface area (Å²) in [5, 5.41) is 14.6. The molecule has 32 heavy (non-hydrogen) atoms. The molecule has 0 bridgehead atoms. The van der Waals surface area contributed by atoms with Crippen molar-refractivity contribution in [2.45, 2.75) is 59.0 Å². The average Bonchev–Trinajstić information content (AvgIpc) is 3.53. The van der Waals surface area contributed by atoms with E-state index in [-0.39, 0.29) is 5.91 Å². The van der Waals surface area contributed by atoms with Gasteiger partial charge in [-0.05, 0) is 24.8 Å². The number of hydrogen-bond acceptors (Lipinski definition) is 6. The van der Waals surface area contributed by atoms with Crippen molar-refractivity contribution in [3.8, 4) is 11.6 Å². The molecule has 0 spiro atoms. The second-order valence-electron chi connectivity index (χ2n) is 8.41. The number of carbonyl (C=O) groups is 1. The Balaban J connectivity index is 1.59. The van der Waals surface area contributed by atoms with Gasteiger partial charge in [-0.25, -0.2) is 4.98 Å². The van der Waals surface area contributed by atoms with Gasteiger partial charge in [-0.15, -0.1) is 0 Å². The Bertz CT molecular complexity index is 1160. The van der Waals surface area contributed by atoms with Gasteiger partial charge in [-0.3, -0.25) is 9.89 Å². The molecule has 1 atom stereocenters. The lowest BCUT2D eigenvalue weighted by molar-refractivity contribution is 0.0923. The molecule has 1 aromatic carbocycles. The van der Waals surface area contributed by atoms with Crippen molar-refractivity contribution in [2.75, 3.05) is 0 Å². The third-order valence-corrected chi connectivity index (χ3v) is 5.41. The van der Waals surface area contributed by atoms with E-state index in [0.717, 1.165) is 36.7 Å². The van der Waals surface area contributed by atoms with E-state index in [1.165, 1.54) is 6.33 Å². The number of aromatic nitrogens is 6. The minimum Gasteiger partial charge on any atom is -0.347 e. The highest BCUT2D eigenvalue weighted by atomic mass is 16.5. The van der Waals surface area contributed by atoms with Crippen LogP contribution in [0.15, 0.2) is 41.3 Å². The molecule has 4 aromatic rings. The summed E-state index contributed by atoms with van der Waals surface area (Å²) in [5.74, 6) is 1.25. The lowest BCUT2D eigenvalue weighted by atomic mass is 10.0. The molecule has 3 aromatic heterocycles. The number of rotatable bonds is 10. The number of benzene rings is 1. The Morgan fingerprint density at radius 2 is 2.09 bits per heavy atom. The van der Waals surface area contributed by atoms with Gasteiger partial charge in [0.1, 0.15) is 12.4 Å². The Morgan fingerprint density at radius 1 is 1.25 bits per heavy atom. The first-order valence-electron chi connectivity index (χ1n) is 11.1. The molecule has 0 radical (unpaired) electrons. The van der Waals surface area contributed by atoms with E-state index < -0.39 is 6.04 Å². The molecular weight excluding hydrogens is 406 g/mol. The van der Waals surface area contributed by atoms with E-state index in [4.69, 9.17) is 4.52 Å². The van der Waals surface area contributed by atoms with Crippen molar-refractivity contribution in [1.82, 2.24) is 35.2 Å². The quantitative estimate of drug-likeness (QED) is 0.354. The van der Waals surface area contributed by atoms with Crippen LogP contribution in [-0.2, 0) is 6.54 Å². The molecule has 3 heterocycles. The number of aromatic amines is 1. The monoisotopic (exact) mass is 435 g/mol. The third kappa shape index (κ3) is 4.71. The van der Waals surface area contributed by atoms with Gasteiger partial charge in [0.05, 0.1) is 5.56 Å². The van der Waals surface area contributed by atoms with Crippen molar-refractivity contribution in [2.24, 2.45) is 5.92 Å². The summed E-state index contributed by atoms with van der Waals surface area (Å²) in [6, 6.07) is 7.61. The molecule has 1 amide bonds. The third-order valence-electron chi connectivity index (χ3n) is 5.41. The zero-order valence-corrected chi connectivity index (χ0v) is 18.7. The molecule has 9 nitrogen and oxygen atoms in total. The summed E-state index contributed by atoms with van der Waals surface area (Å²) in [4.78, 5) is 21.9. The van der Waals surface area contributed by atoms with Crippen molar-refractivity contribution >= 4 is 16.8 Å².